The van der Waals surface area contributed by atoms with Gasteiger partial charge in [0.25, 0.3) is 5.56 Å². The van der Waals surface area contributed by atoms with Gasteiger partial charge in [-0.3, -0.25) is 14.2 Å². The van der Waals surface area contributed by atoms with Crippen LogP contribution in [0.4, 0.5) is 0 Å². The number of hydrogen-bond donors (Lipinski definition) is 0. The van der Waals surface area contributed by atoms with E-state index in [9.17, 15) is 18.0 Å². The second kappa shape index (κ2) is 6.86. The molecule has 0 unspecified atom stereocenters. The summed E-state index contributed by atoms with van der Waals surface area (Å²) in [7, 11) is -1.53. The average Bonchev–Trinajstić information content (AvgIpc) is 3.27. The second-order valence-corrected chi connectivity index (χ2v) is 9.10. The maximum atomic E-state index is 12.8. The van der Waals surface area contributed by atoms with E-state index in [-0.39, 0.29) is 35.6 Å². The first-order valence-corrected chi connectivity index (χ1v) is 10.6. The molecular weight excluding hydrogens is 382 g/mol. The summed E-state index contributed by atoms with van der Waals surface area (Å²) in [6, 6.07) is 8.96. The minimum atomic E-state index is -3.09. The summed E-state index contributed by atoms with van der Waals surface area (Å²) in [6.07, 6.45) is 3.18. The second-order valence-electron chi connectivity index (χ2n) is 6.87. The number of para-hydroxylation sites is 1. The van der Waals surface area contributed by atoms with E-state index in [0.717, 1.165) is 5.69 Å². The predicted octanol–water partition coefficient (Wildman–Crippen LogP) is 0.228. The third-order valence-electron chi connectivity index (χ3n) is 5.01. The monoisotopic (exact) mass is 401 g/mol. The van der Waals surface area contributed by atoms with E-state index in [1.54, 1.807) is 11.7 Å². The molecule has 2 aromatic heterocycles. The number of nitrogens with zero attached hydrogens (tertiary/aromatic N) is 5. The van der Waals surface area contributed by atoms with Gasteiger partial charge in [0.2, 0.25) is 5.91 Å². The Morgan fingerprint density at radius 2 is 2.04 bits per heavy atom. The molecule has 146 valence electrons. The van der Waals surface area contributed by atoms with Crippen LogP contribution in [-0.4, -0.2) is 63.2 Å². The molecule has 1 aliphatic heterocycles. The minimum absolute atomic E-state index is 0.0364. The van der Waals surface area contributed by atoms with Crippen molar-refractivity contribution in [3.63, 3.8) is 0 Å². The lowest BCUT2D eigenvalue weighted by atomic mass is 10.2. The molecule has 1 fully saturated rings. The number of fused-ring (bicyclic) bond motifs is 1. The van der Waals surface area contributed by atoms with Gasteiger partial charge >= 0.3 is 0 Å². The molecule has 3 heterocycles. The summed E-state index contributed by atoms with van der Waals surface area (Å²) in [4.78, 5) is 31.0. The quantitative estimate of drug-likeness (QED) is 0.619. The summed E-state index contributed by atoms with van der Waals surface area (Å²) in [5.41, 5.74) is 0.823. The van der Waals surface area contributed by atoms with E-state index in [1.807, 2.05) is 30.3 Å². The normalized spacial score (nSPS) is 18.4. The molecule has 3 aromatic rings. The molecule has 1 saturated heterocycles. The van der Waals surface area contributed by atoms with Crippen LogP contribution in [0.15, 0.2) is 47.7 Å². The van der Waals surface area contributed by atoms with Crippen molar-refractivity contribution in [3.05, 3.63) is 53.2 Å². The molecular formula is C18H19N5O4S. The van der Waals surface area contributed by atoms with Crippen LogP contribution in [0.25, 0.3) is 16.7 Å². The minimum Gasteiger partial charge on any atom is -0.340 e. The van der Waals surface area contributed by atoms with Gasteiger partial charge < -0.3 is 4.90 Å². The van der Waals surface area contributed by atoms with Crippen LogP contribution < -0.4 is 5.56 Å². The van der Waals surface area contributed by atoms with Crippen molar-refractivity contribution in [2.75, 3.05) is 18.6 Å². The summed E-state index contributed by atoms with van der Waals surface area (Å²) in [5.74, 6) is -0.284. The number of sulfone groups is 1. The van der Waals surface area contributed by atoms with Gasteiger partial charge in [0.15, 0.2) is 15.5 Å². The summed E-state index contributed by atoms with van der Waals surface area (Å²) < 4.78 is 26.1. The van der Waals surface area contributed by atoms with E-state index >= 15 is 0 Å². The SMILES string of the molecule is CN(C(=O)Cn1cnc2c(cnn2-c2ccccc2)c1=O)[C@@H]1CCS(=O)(=O)C1. The Morgan fingerprint density at radius 1 is 1.29 bits per heavy atom. The number of carbonyl (C=O) groups is 1. The Morgan fingerprint density at radius 3 is 2.71 bits per heavy atom. The molecule has 1 atom stereocenters. The van der Waals surface area contributed by atoms with Gasteiger partial charge in [-0.15, -0.1) is 0 Å². The molecule has 1 aromatic carbocycles. The molecule has 4 rings (SSSR count). The average molecular weight is 401 g/mol. The number of hydrogen-bond acceptors (Lipinski definition) is 6. The largest absolute Gasteiger partial charge is 0.340 e. The molecule has 0 spiro atoms. The molecule has 0 bridgehead atoms. The molecule has 0 aliphatic carbocycles. The van der Waals surface area contributed by atoms with Crippen molar-refractivity contribution in [2.24, 2.45) is 0 Å². The highest BCUT2D eigenvalue weighted by molar-refractivity contribution is 7.91. The number of benzene rings is 1. The lowest BCUT2D eigenvalue weighted by Crippen LogP contribution is -2.41. The molecule has 0 radical (unpaired) electrons. The van der Waals surface area contributed by atoms with Crippen LogP contribution in [0.1, 0.15) is 6.42 Å². The van der Waals surface area contributed by atoms with Gasteiger partial charge in [-0.1, -0.05) is 18.2 Å². The van der Waals surface area contributed by atoms with E-state index < -0.39 is 9.84 Å². The summed E-state index contributed by atoms with van der Waals surface area (Å²) in [6.45, 7) is -0.203. The Bertz CT molecular complexity index is 1200. The van der Waals surface area contributed by atoms with Crippen molar-refractivity contribution >= 4 is 26.8 Å². The summed E-state index contributed by atoms with van der Waals surface area (Å²) >= 11 is 0. The van der Waals surface area contributed by atoms with E-state index in [4.69, 9.17) is 0 Å². The van der Waals surface area contributed by atoms with Crippen molar-refractivity contribution < 1.29 is 13.2 Å². The smallest absolute Gasteiger partial charge is 0.264 e. The standard InChI is InChI=1S/C18H19N5O4S/c1-21(14-7-8-28(26,27)11-14)16(24)10-22-12-19-17-15(18(22)25)9-20-23(17)13-5-3-2-4-6-13/h2-6,9,12,14H,7-8,10-11H2,1H3/t14-/m1/s1. The van der Waals surface area contributed by atoms with Crippen molar-refractivity contribution in [1.82, 2.24) is 24.2 Å². The van der Waals surface area contributed by atoms with Crippen LogP contribution in [0.2, 0.25) is 0 Å². The molecule has 0 N–H and O–H groups in total. The Hall–Kier alpha value is -3.01. The highest BCUT2D eigenvalue weighted by atomic mass is 32.2. The lowest BCUT2D eigenvalue weighted by molar-refractivity contribution is -0.132. The van der Waals surface area contributed by atoms with Crippen molar-refractivity contribution in [2.45, 2.75) is 19.0 Å². The molecule has 0 saturated carbocycles. The Labute approximate surface area is 161 Å². The lowest BCUT2D eigenvalue weighted by Gasteiger charge is -2.23. The molecule has 28 heavy (non-hydrogen) atoms. The van der Waals surface area contributed by atoms with E-state index in [1.165, 1.54) is 22.0 Å². The van der Waals surface area contributed by atoms with Crippen LogP contribution in [0.3, 0.4) is 0 Å². The topological polar surface area (TPSA) is 107 Å². The number of aromatic nitrogens is 4. The van der Waals surface area contributed by atoms with Gasteiger partial charge in [0, 0.05) is 13.1 Å². The molecule has 1 aliphatic rings. The molecule has 9 nitrogen and oxygen atoms in total. The fourth-order valence-corrected chi connectivity index (χ4v) is 5.14. The third kappa shape index (κ3) is 3.31. The Balaban J connectivity index is 1.59. The van der Waals surface area contributed by atoms with Crippen molar-refractivity contribution in [1.29, 1.82) is 0 Å². The van der Waals surface area contributed by atoms with Crippen LogP contribution in [0.5, 0.6) is 0 Å². The fourth-order valence-electron chi connectivity index (χ4n) is 3.36. The highest BCUT2D eigenvalue weighted by Crippen LogP contribution is 2.17. The van der Waals surface area contributed by atoms with Gasteiger partial charge in [-0.05, 0) is 18.6 Å². The third-order valence-corrected chi connectivity index (χ3v) is 6.76. The maximum Gasteiger partial charge on any atom is 0.264 e. The zero-order valence-electron chi connectivity index (χ0n) is 15.2. The molecule has 10 heteroatoms. The van der Waals surface area contributed by atoms with E-state index in [2.05, 4.69) is 10.1 Å². The maximum absolute atomic E-state index is 12.8. The first kappa shape index (κ1) is 18.4. The van der Waals surface area contributed by atoms with Crippen LogP contribution >= 0.6 is 0 Å². The highest BCUT2D eigenvalue weighted by Gasteiger charge is 2.32. The van der Waals surface area contributed by atoms with Crippen molar-refractivity contribution in [3.8, 4) is 5.69 Å². The number of likely N-dealkylation sites (N-methyl/N-ethyl adjacent to an activating group) is 1. The molecule has 1 amide bonds. The number of rotatable bonds is 4. The van der Waals surface area contributed by atoms with E-state index in [0.29, 0.717) is 17.5 Å². The predicted molar refractivity (Wildman–Crippen MR) is 103 cm³/mol. The van der Waals surface area contributed by atoms with Crippen LogP contribution in [0, 0.1) is 0 Å². The number of amides is 1. The summed E-state index contributed by atoms with van der Waals surface area (Å²) in [5, 5.41) is 4.55. The van der Waals surface area contributed by atoms with Gasteiger partial charge in [-0.25, -0.2) is 18.1 Å². The Kier molecular flexibility index (Phi) is 4.50. The van der Waals surface area contributed by atoms with Gasteiger partial charge in [0.1, 0.15) is 18.3 Å². The first-order chi connectivity index (χ1) is 13.4. The van der Waals surface area contributed by atoms with Gasteiger partial charge in [-0.2, -0.15) is 5.10 Å². The van der Waals surface area contributed by atoms with Gasteiger partial charge in [0.05, 0.1) is 23.4 Å². The van der Waals surface area contributed by atoms with Crippen LogP contribution in [-0.2, 0) is 21.2 Å². The number of carbonyl (C=O) groups excluding carboxylic acids is 1. The zero-order chi connectivity index (χ0) is 19.9. The fraction of sp³-hybridized carbons (Fsp3) is 0.333. The zero-order valence-corrected chi connectivity index (χ0v) is 16.0. The first-order valence-electron chi connectivity index (χ1n) is 8.80.